The fourth-order valence-electron chi connectivity index (χ4n) is 3.31. The summed E-state index contributed by atoms with van der Waals surface area (Å²) in [6.07, 6.45) is 1.86. The van der Waals surface area contributed by atoms with Crippen LogP contribution in [0.2, 0.25) is 0 Å². The van der Waals surface area contributed by atoms with Crippen molar-refractivity contribution in [2.45, 2.75) is 19.4 Å². The maximum Gasteiger partial charge on any atom is 0.248 e. The number of ether oxygens (including phenoxy) is 1. The number of anilines is 2. The highest BCUT2D eigenvalue weighted by Crippen LogP contribution is 2.32. The number of hydrogen-bond donors (Lipinski definition) is 0. The van der Waals surface area contributed by atoms with Gasteiger partial charge < -0.3 is 9.64 Å². The Labute approximate surface area is 154 Å². The molecule has 0 saturated heterocycles. The third kappa shape index (κ3) is 3.53. The number of carbonyl (C=O) groups excluding carboxylic acids is 1. The van der Waals surface area contributed by atoms with E-state index in [1.165, 1.54) is 7.11 Å². The summed E-state index contributed by atoms with van der Waals surface area (Å²) in [5.41, 5.74) is 2.35. The second kappa shape index (κ2) is 6.99. The molecule has 1 amide bonds. The second-order valence-electron chi connectivity index (χ2n) is 6.42. The molecule has 2 aromatic rings. The summed E-state index contributed by atoms with van der Waals surface area (Å²) in [6, 6.07) is 14.4. The molecule has 6 nitrogen and oxygen atoms in total. The first-order valence-electron chi connectivity index (χ1n) is 8.33. The molecular formula is C19H22N2O4S. The number of sulfonamides is 1. The van der Waals surface area contributed by atoms with E-state index < -0.39 is 10.0 Å². The van der Waals surface area contributed by atoms with Crippen LogP contribution in [0.1, 0.15) is 12.5 Å². The molecule has 0 bridgehead atoms. The Morgan fingerprint density at radius 2 is 1.96 bits per heavy atom. The van der Waals surface area contributed by atoms with Crippen LogP contribution in [0.25, 0.3) is 0 Å². The first-order chi connectivity index (χ1) is 12.3. The summed E-state index contributed by atoms with van der Waals surface area (Å²) >= 11 is 0. The van der Waals surface area contributed by atoms with Gasteiger partial charge in [-0.05, 0) is 37.1 Å². The van der Waals surface area contributed by atoms with Crippen molar-refractivity contribution in [3.8, 4) is 5.75 Å². The molecule has 0 aromatic heterocycles. The summed E-state index contributed by atoms with van der Waals surface area (Å²) in [5, 5.41) is 0. The zero-order chi connectivity index (χ0) is 18.9. The molecule has 0 aliphatic carbocycles. The molecule has 0 saturated carbocycles. The summed E-state index contributed by atoms with van der Waals surface area (Å²) in [6.45, 7) is 1.71. The molecule has 0 fully saturated rings. The van der Waals surface area contributed by atoms with Crippen LogP contribution in [0.15, 0.2) is 48.5 Å². The van der Waals surface area contributed by atoms with E-state index in [1.807, 2.05) is 31.2 Å². The van der Waals surface area contributed by atoms with Gasteiger partial charge in [-0.3, -0.25) is 9.10 Å². The number of methoxy groups -OCH3 is 1. The highest BCUT2D eigenvalue weighted by Gasteiger charge is 2.33. The third-order valence-corrected chi connectivity index (χ3v) is 5.64. The molecule has 1 aliphatic heterocycles. The first kappa shape index (κ1) is 18.3. The topological polar surface area (TPSA) is 66.9 Å². The van der Waals surface area contributed by atoms with Crippen molar-refractivity contribution in [2.24, 2.45) is 0 Å². The van der Waals surface area contributed by atoms with Crippen molar-refractivity contribution >= 4 is 27.3 Å². The quantitative estimate of drug-likeness (QED) is 0.806. The summed E-state index contributed by atoms with van der Waals surface area (Å²) in [7, 11) is -2.12. The number of hydrogen-bond acceptors (Lipinski definition) is 4. The summed E-state index contributed by atoms with van der Waals surface area (Å²) < 4.78 is 30.9. The Morgan fingerprint density at radius 3 is 2.65 bits per heavy atom. The van der Waals surface area contributed by atoms with E-state index in [0.29, 0.717) is 11.4 Å². The number of para-hydroxylation sites is 1. The SMILES string of the molecule is COc1cccc(N(CC(=O)N2c3ccccc3C[C@@H]2C)S(C)(=O)=O)c1. The van der Waals surface area contributed by atoms with Crippen LogP contribution in [0, 0.1) is 0 Å². The fraction of sp³-hybridized carbons (Fsp3) is 0.316. The maximum absolute atomic E-state index is 13.0. The summed E-state index contributed by atoms with van der Waals surface area (Å²) in [5.74, 6) is 0.277. The van der Waals surface area contributed by atoms with Gasteiger partial charge in [-0.2, -0.15) is 0 Å². The molecule has 0 N–H and O–H groups in total. The Balaban J connectivity index is 1.92. The van der Waals surface area contributed by atoms with E-state index >= 15 is 0 Å². The molecule has 26 heavy (non-hydrogen) atoms. The third-order valence-electron chi connectivity index (χ3n) is 4.50. The largest absolute Gasteiger partial charge is 0.497 e. The van der Waals surface area contributed by atoms with Crippen molar-refractivity contribution in [2.75, 3.05) is 29.1 Å². The lowest BCUT2D eigenvalue weighted by Gasteiger charge is -2.28. The molecule has 1 aliphatic rings. The van der Waals surface area contributed by atoms with Gasteiger partial charge in [0.2, 0.25) is 15.9 Å². The van der Waals surface area contributed by atoms with Gasteiger partial charge in [0, 0.05) is 17.8 Å². The molecule has 3 rings (SSSR count). The fourth-order valence-corrected chi connectivity index (χ4v) is 4.15. The molecule has 138 valence electrons. The van der Waals surface area contributed by atoms with Crippen LogP contribution in [0.4, 0.5) is 11.4 Å². The molecule has 1 atom stereocenters. The van der Waals surface area contributed by atoms with E-state index in [9.17, 15) is 13.2 Å². The van der Waals surface area contributed by atoms with Crippen molar-refractivity contribution in [1.82, 2.24) is 0 Å². The monoisotopic (exact) mass is 374 g/mol. The predicted octanol–water partition coefficient (Wildman–Crippen LogP) is 2.44. The first-order valence-corrected chi connectivity index (χ1v) is 10.2. The standard InChI is InChI=1S/C19H22N2O4S/c1-14-11-15-7-4-5-10-18(15)21(14)19(22)13-20(26(3,23)24)16-8-6-9-17(12-16)25-2/h4-10,12,14H,11,13H2,1-3H3/t14-/m0/s1. The molecule has 0 radical (unpaired) electrons. The van der Waals surface area contributed by atoms with Crippen molar-refractivity contribution in [3.63, 3.8) is 0 Å². The minimum atomic E-state index is -3.63. The van der Waals surface area contributed by atoms with Crippen molar-refractivity contribution in [1.29, 1.82) is 0 Å². The van der Waals surface area contributed by atoms with E-state index in [-0.39, 0.29) is 18.5 Å². The van der Waals surface area contributed by atoms with Gasteiger partial charge in [-0.15, -0.1) is 0 Å². The van der Waals surface area contributed by atoms with Gasteiger partial charge >= 0.3 is 0 Å². The summed E-state index contributed by atoms with van der Waals surface area (Å²) in [4.78, 5) is 14.7. The van der Waals surface area contributed by atoms with Crippen LogP contribution >= 0.6 is 0 Å². The van der Waals surface area contributed by atoms with Crippen LogP contribution in [0.5, 0.6) is 5.75 Å². The van der Waals surface area contributed by atoms with Crippen molar-refractivity contribution < 1.29 is 17.9 Å². The Bertz CT molecular complexity index is 927. The van der Waals surface area contributed by atoms with Gasteiger partial charge in [0.25, 0.3) is 0 Å². The molecule has 7 heteroatoms. The van der Waals surface area contributed by atoms with Crippen LogP contribution in [-0.2, 0) is 21.2 Å². The van der Waals surface area contributed by atoms with E-state index in [2.05, 4.69) is 0 Å². The molecule has 1 heterocycles. The van der Waals surface area contributed by atoms with E-state index in [0.717, 1.165) is 28.2 Å². The predicted molar refractivity (Wildman–Crippen MR) is 102 cm³/mol. The molecule has 0 unspecified atom stereocenters. The number of rotatable bonds is 5. The minimum absolute atomic E-state index is 0.00776. The van der Waals surface area contributed by atoms with Gasteiger partial charge in [0.1, 0.15) is 12.3 Å². The smallest absolute Gasteiger partial charge is 0.248 e. The molecule has 0 spiro atoms. The molecule has 2 aromatic carbocycles. The van der Waals surface area contributed by atoms with Gasteiger partial charge in [-0.25, -0.2) is 8.42 Å². The lowest BCUT2D eigenvalue weighted by Crippen LogP contribution is -2.45. The highest BCUT2D eigenvalue weighted by molar-refractivity contribution is 7.92. The number of benzene rings is 2. The zero-order valence-electron chi connectivity index (χ0n) is 15.0. The maximum atomic E-state index is 13.0. The zero-order valence-corrected chi connectivity index (χ0v) is 15.9. The van der Waals surface area contributed by atoms with Crippen LogP contribution in [-0.4, -0.2) is 40.3 Å². The Kier molecular flexibility index (Phi) is 4.91. The lowest BCUT2D eigenvalue weighted by atomic mass is 10.1. The normalized spacial score (nSPS) is 16.3. The van der Waals surface area contributed by atoms with Gasteiger partial charge in [0.05, 0.1) is 19.1 Å². The Morgan fingerprint density at radius 1 is 1.23 bits per heavy atom. The Hall–Kier alpha value is -2.54. The van der Waals surface area contributed by atoms with Gasteiger partial charge in [0.15, 0.2) is 0 Å². The lowest BCUT2D eigenvalue weighted by molar-refractivity contribution is -0.117. The van der Waals surface area contributed by atoms with E-state index in [4.69, 9.17) is 4.74 Å². The van der Waals surface area contributed by atoms with E-state index in [1.54, 1.807) is 29.2 Å². The molecular weight excluding hydrogens is 352 g/mol. The second-order valence-corrected chi connectivity index (χ2v) is 8.32. The minimum Gasteiger partial charge on any atom is -0.497 e. The number of fused-ring (bicyclic) bond motifs is 1. The van der Waals surface area contributed by atoms with Crippen molar-refractivity contribution in [3.05, 3.63) is 54.1 Å². The van der Waals surface area contributed by atoms with Crippen LogP contribution in [0.3, 0.4) is 0 Å². The average Bonchev–Trinajstić information content (AvgIpc) is 2.94. The highest BCUT2D eigenvalue weighted by atomic mass is 32.2. The number of amides is 1. The van der Waals surface area contributed by atoms with Crippen LogP contribution < -0.4 is 13.9 Å². The average molecular weight is 374 g/mol. The van der Waals surface area contributed by atoms with Gasteiger partial charge in [-0.1, -0.05) is 24.3 Å². The number of nitrogens with zero attached hydrogens (tertiary/aromatic N) is 2. The number of carbonyl (C=O) groups is 1.